The number of carbonyl (C=O) groups excluding carboxylic acids is 1. The van der Waals surface area contributed by atoms with E-state index in [1.165, 1.54) is 6.92 Å². The number of ether oxygens (including phenoxy) is 1. The van der Waals surface area contributed by atoms with Gasteiger partial charge in [0.1, 0.15) is 11.1 Å². The molecule has 0 fully saturated rings. The number of carboxylic acids is 1. The standard InChI is InChI=1S/C18H36N2O6/c1-15(2,3)8-19-18(7,11-22)14(25)26-12-16(4,5)9-20-17(6,10-21)13(23)24/h19-22H,8-12H2,1-7H3,(H,23,24). The van der Waals surface area contributed by atoms with Crippen LogP contribution in [0.2, 0.25) is 0 Å². The first-order chi connectivity index (χ1) is 11.6. The third-order valence-corrected chi connectivity index (χ3v) is 4.11. The Morgan fingerprint density at radius 3 is 1.69 bits per heavy atom. The zero-order chi connectivity index (χ0) is 20.8. The molecule has 0 heterocycles. The summed E-state index contributed by atoms with van der Waals surface area (Å²) in [6.07, 6.45) is 0. The van der Waals surface area contributed by atoms with Crippen molar-refractivity contribution < 1.29 is 29.6 Å². The number of hydrogen-bond acceptors (Lipinski definition) is 7. The molecule has 0 radical (unpaired) electrons. The third kappa shape index (κ3) is 7.99. The molecule has 0 rings (SSSR count). The Balaban J connectivity index is 4.77. The highest BCUT2D eigenvalue weighted by atomic mass is 16.5. The fourth-order valence-corrected chi connectivity index (χ4v) is 1.76. The minimum Gasteiger partial charge on any atom is -0.480 e. The maximum absolute atomic E-state index is 12.4. The van der Waals surface area contributed by atoms with Crippen molar-refractivity contribution in [3.8, 4) is 0 Å². The van der Waals surface area contributed by atoms with Gasteiger partial charge in [-0.25, -0.2) is 4.79 Å². The maximum Gasteiger partial charge on any atom is 0.328 e. The largest absolute Gasteiger partial charge is 0.480 e. The Labute approximate surface area is 156 Å². The van der Waals surface area contributed by atoms with Crippen LogP contribution >= 0.6 is 0 Å². The molecule has 0 aromatic carbocycles. The number of carbonyl (C=O) groups is 2. The van der Waals surface area contributed by atoms with Gasteiger partial charge in [-0.1, -0.05) is 34.6 Å². The van der Waals surface area contributed by atoms with E-state index in [1.54, 1.807) is 6.92 Å². The van der Waals surface area contributed by atoms with Gasteiger partial charge in [-0.15, -0.1) is 0 Å². The molecular formula is C18H36N2O6. The Kier molecular flexibility index (Phi) is 8.69. The third-order valence-electron chi connectivity index (χ3n) is 4.11. The van der Waals surface area contributed by atoms with Crippen molar-refractivity contribution in [3.05, 3.63) is 0 Å². The molecule has 8 heteroatoms. The van der Waals surface area contributed by atoms with Gasteiger partial charge in [-0.3, -0.25) is 15.4 Å². The van der Waals surface area contributed by atoms with Gasteiger partial charge in [0.2, 0.25) is 0 Å². The summed E-state index contributed by atoms with van der Waals surface area (Å²) < 4.78 is 5.38. The van der Waals surface area contributed by atoms with E-state index < -0.39 is 41.6 Å². The van der Waals surface area contributed by atoms with Gasteiger partial charge in [-0.05, 0) is 19.3 Å². The van der Waals surface area contributed by atoms with Crippen LogP contribution in [-0.4, -0.2) is 71.2 Å². The van der Waals surface area contributed by atoms with E-state index in [0.29, 0.717) is 6.54 Å². The monoisotopic (exact) mass is 376 g/mol. The number of esters is 1. The predicted molar refractivity (Wildman–Crippen MR) is 98.8 cm³/mol. The molecule has 5 N–H and O–H groups in total. The van der Waals surface area contributed by atoms with Gasteiger partial charge in [0, 0.05) is 18.5 Å². The molecule has 0 amide bonds. The van der Waals surface area contributed by atoms with Gasteiger partial charge in [0.15, 0.2) is 0 Å². The first-order valence-corrected chi connectivity index (χ1v) is 8.73. The van der Waals surface area contributed by atoms with E-state index >= 15 is 0 Å². The lowest BCUT2D eigenvalue weighted by atomic mass is 9.92. The van der Waals surface area contributed by atoms with Crippen LogP contribution in [0.15, 0.2) is 0 Å². The number of hydrogen-bond donors (Lipinski definition) is 5. The quantitative estimate of drug-likeness (QED) is 0.327. The molecule has 8 nitrogen and oxygen atoms in total. The molecule has 0 aliphatic rings. The van der Waals surface area contributed by atoms with Crippen LogP contribution in [0.4, 0.5) is 0 Å². The Hall–Kier alpha value is -1.22. The van der Waals surface area contributed by atoms with Gasteiger partial charge in [-0.2, -0.15) is 0 Å². The van der Waals surface area contributed by atoms with Gasteiger partial charge in [0.05, 0.1) is 19.8 Å². The molecule has 26 heavy (non-hydrogen) atoms. The molecule has 0 aromatic rings. The van der Waals surface area contributed by atoms with Crippen molar-refractivity contribution in [1.29, 1.82) is 0 Å². The number of aliphatic carboxylic acids is 1. The highest BCUT2D eigenvalue weighted by molar-refractivity contribution is 5.80. The average Bonchev–Trinajstić information content (AvgIpc) is 2.54. The van der Waals surface area contributed by atoms with E-state index in [2.05, 4.69) is 10.6 Å². The highest BCUT2D eigenvalue weighted by Gasteiger charge is 2.37. The summed E-state index contributed by atoms with van der Waals surface area (Å²) >= 11 is 0. The fourth-order valence-electron chi connectivity index (χ4n) is 1.76. The van der Waals surface area contributed by atoms with E-state index in [9.17, 15) is 19.8 Å². The Morgan fingerprint density at radius 1 is 0.846 bits per heavy atom. The van der Waals surface area contributed by atoms with Crippen LogP contribution in [-0.2, 0) is 14.3 Å². The Bertz CT molecular complexity index is 489. The minimum atomic E-state index is -1.46. The molecule has 0 aromatic heterocycles. The first kappa shape index (κ1) is 24.8. The van der Waals surface area contributed by atoms with Crippen molar-refractivity contribution in [2.24, 2.45) is 10.8 Å². The van der Waals surface area contributed by atoms with E-state index in [4.69, 9.17) is 9.84 Å². The number of aliphatic hydroxyl groups is 2. The summed E-state index contributed by atoms with van der Waals surface area (Å²) in [6.45, 7) is 12.4. The molecule has 2 atom stereocenters. The lowest BCUT2D eigenvalue weighted by Gasteiger charge is -2.34. The molecule has 0 aliphatic carbocycles. The zero-order valence-electron chi connectivity index (χ0n) is 17.1. The molecule has 0 saturated carbocycles. The van der Waals surface area contributed by atoms with E-state index in [1.807, 2.05) is 34.6 Å². The SMILES string of the molecule is CC(C)(C)CNC(C)(CO)C(=O)OCC(C)(C)CNC(C)(CO)C(=O)O. The normalized spacial score (nSPS) is 17.3. The fraction of sp³-hybridized carbons (Fsp3) is 0.889. The van der Waals surface area contributed by atoms with Crippen LogP contribution < -0.4 is 10.6 Å². The van der Waals surface area contributed by atoms with Crippen LogP contribution in [0.3, 0.4) is 0 Å². The predicted octanol–water partition coefficient (Wildman–Crippen LogP) is 0.368. The van der Waals surface area contributed by atoms with Crippen molar-refractivity contribution in [1.82, 2.24) is 10.6 Å². The first-order valence-electron chi connectivity index (χ1n) is 8.73. The topological polar surface area (TPSA) is 128 Å². The van der Waals surface area contributed by atoms with E-state index in [0.717, 1.165) is 0 Å². The smallest absolute Gasteiger partial charge is 0.328 e. The molecule has 0 aliphatic heterocycles. The second-order valence-electron chi connectivity index (χ2n) is 9.29. The number of rotatable bonds is 11. The summed E-state index contributed by atoms with van der Waals surface area (Å²) in [6, 6.07) is 0. The summed E-state index contributed by atoms with van der Waals surface area (Å²) in [5.74, 6) is -1.73. The van der Waals surface area contributed by atoms with Crippen molar-refractivity contribution in [3.63, 3.8) is 0 Å². The zero-order valence-corrected chi connectivity index (χ0v) is 17.1. The average molecular weight is 376 g/mol. The summed E-state index contributed by atoms with van der Waals surface area (Å²) in [5, 5.41) is 33.9. The lowest BCUT2D eigenvalue weighted by molar-refractivity contribution is -0.156. The van der Waals surface area contributed by atoms with Crippen LogP contribution in [0.25, 0.3) is 0 Å². The molecule has 154 valence electrons. The summed E-state index contributed by atoms with van der Waals surface area (Å²) in [4.78, 5) is 23.6. The van der Waals surface area contributed by atoms with Gasteiger partial charge < -0.3 is 20.1 Å². The second-order valence-corrected chi connectivity index (χ2v) is 9.29. The number of carboxylic acid groups (broad SMARTS) is 1. The van der Waals surface area contributed by atoms with Crippen LogP contribution in [0.1, 0.15) is 48.5 Å². The molecule has 0 saturated heterocycles. The van der Waals surface area contributed by atoms with Gasteiger partial charge in [0.25, 0.3) is 0 Å². The molecule has 0 bridgehead atoms. The molecular weight excluding hydrogens is 340 g/mol. The highest BCUT2D eigenvalue weighted by Crippen LogP contribution is 2.19. The summed E-state index contributed by atoms with van der Waals surface area (Å²) in [7, 11) is 0. The van der Waals surface area contributed by atoms with E-state index in [-0.39, 0.29) is 18.6 Å². The Morgan fingerprint density at radius 2 is 1.31 bits per heavy atom. The minimum absolute atomic E-state index is 0.0345. The maximum atomic E-state index is 12.4. The van der Waals surface area contributed by atoms with Crippen molar-refractivity contribution in [2.75, 3.05) is 32.9 Å². The van der Waals surface area contributed by atoms with Crippen LogP contribution in [0, 0.1) is 10.8 Å². The molecule has 2 unspecified atom stereocenters. The van der Waals surface area contributed by atoms with Crippen LogP contribution in [0.5, 0.6) is 0 Å². The number of nitrogens with one attached hydrogen (secondary N) is 2. The second kappa shape index (κ2) is 9.12. The lowest BCUT2D eigenvalue weighted by Crippen LogP contribution is -2.57. The number of aliphatic hydroxyl groups excluding tert-OH is 2. The van der Waals surface area contributed by atoms with Crippen molar-refractivity contribution >= 4 is 11.9 Å². The summed E-state index contributed by atoms with van der Waals surface area (Å²) in [5.41, 5.74) is -3.31. The van der Waals surface area contributed by atoms with Crippen molar-refractivity contribution in [2.45, 2.75) is 59.5 Å². The molecule has 0 spiro atoms. The van der Waals surface area contributed by atoms with Gasteiger partial charge >= 0.3 is 11.9 Å².